The van der Waals surface area contributed by atoms with Gasteiger partial charge in [0.25, 0.3) is 0 Å². The van der Waals surface area contributed by atoms with E-state index in [0.717, 1.165) is 21.4 Å². The number of anilines is 1. The molecule has 1 N–H and O–H groups in total. The Morgan fingerprint density at radius 3 is 1.73 bits per heavy atom. The van der Waals surface area contributed by atoms with Crippen molar-refractivity contribution in [1.29, 1.82) is 0 Å². The summed E-state index contributed by atoms with van der Waals surface area (Å²) in [6, 6.07) is 37.0. The molecular weight excluding hydrogens is 466 g/mol. The van der Waals surface area contributed by atoms with Crippen LogP contribution in [0.1, 0.15) is 23.1 Å². The van der Waals surface area contributed by atoms with Crippen molar-refractivity contribution in [1.82, 2.24) is 9.78 Å². The number of benzene rings is 4. The van der Waals surface area contributed by atoms with E-state index >= 15 is 0 Å². The van der Waals surface area contributed by atoms with Crippen molar-refractivity contribution < 1.29 is 13.9 Å². The molecule has 0 saturated carbocycles. The number of methoxy groups -OCH3 is 1. The summed E-state index contributed by atoms with van der Waals surface area (Å²) < 4.78 is 10.9. The van der Waals surface area contributed by atoms with Crippen molar-refractivity contribution in [2.24, 2.45) is 0 Å². The summed E-state index contributed by atoms with van der Waals surface area (Å²) in [6.07, 6.45) is 0.0636. The molecule has 0 saturated heterocycles. The third-order valence-electron chi connectivity index (χ3n) is 6.32. The van der Waals surface area contributed by atoms with Gasteiger partial charge in [-0.25, -0.2) is 4.79 Å². The molecular formula is C30H25N3O4. The SMILES string of the molecule is COc1nn(-c2ccc(NC(=O)CC(c3ccccc3)(c3ccccc3)c3ccccc3)cc2)c(=O)o1. The number of hydrogen-bond donors (Lipinski definition) is 1. The molecule has 4 aromatic carbocycles. The Kier molecular flexibility index (Phi) is 6.68. The fourth-order valence-electron chi connectivity index (χ4n) is 4.61. The summed E-state index contributed by atoms with van der Waals surface area (Å²) in [4.78, 5) is 25.6. The monoisotopic (exact) mass is 491 g/mol. The molecule has 0 atom stereocenters. The number of carbonyl (C=O) groups is 1. The Morgan fingerprint density at radius 1 is 0.811 bits per heavy atom. The molecule has 5 rings (SSSR count). The van der Waals surface area contributed by atoms with E-state index in [1.54, 1.807) is 24.3 Å². The van der Waals surface area contributed by atoms with Crippen LogP contribution in [0.5, 0.6) is 6.08 Å². The van der Waals surface area contributed by atoms with E-state index in [1.165, 1.54) is 7.11 Å². The summed E-state index contributed by atoms with van der Waals surface area (Å²) in [5, 5.41) is 6.99. The van der Waals surface area contributed by atoms with E-state index in [4.69, 9.17) is 9.15 Å². The summed E-state index contributed by atoms with van der Waals surface area (Å²) >= 11 is 0. The second-order valence-electron chi connectivity index (χ2n) is 8.53. The summed E-state index contributed by atoms with van der Waals surface area (Å²) in [5.74, 6) is -0.809. The lowest BCUT2D eigenvalue weighted by Gasteiger charge is -2.35. The Morgan fingerprint density at radius 2 is 1.30 bits per heavy atom. The van der Waals surface area contributed by atoms with Gasteiger partial charge < -0.3 is 14.5 Å². The molecule has 0 aliphatic rings. The number of ether oxygens (including phenoxy) is 1. The lowest BCUT2D eigenvalue weighted by molar-refractivity contribution is -0.116. The molecule has 7 heteroatoms. The summed E-state index contributed by atoms with van der Waals surface area (Å²) in [7, 11) is 1.37. The van der Waals surface area contributed by atoms with Gasteiger partial charge in [-0.05, 0) is 41.0 Å². The van der Waals surface area contributed by atoms with Gasteiger partial charge in [0.05, 0.1) is 18.2 Å². The molecule has 5 aromatic rings. The highest BCUT2D eigenvalue weighted by molar-refractivity contribution is 5.92. The molecule has 7 nitrogen and oxygen atoms in total. The van der Waals surface area contributed by atoms with Gasteiger partial charge in [0.2, 0.25) is 5.91 Å². The molecule has 0 aliphatic heterocycles. The molecule has 0 fully saturated rings. The highest BCUT2D eigenvalue weighted by Crippen LogP contribution is 2.42. The smallest absolute Gasteiger partial charge is 0.444 e. The van der Waals surface area contributed by atoms with Gasteiger partial charge in [0, 0.05) is 12.1 Å². The first-order chi connectivity index (χ1) is 18.1. The average Bonchev–Trinajstić information content (AvgIpc) is 3.34. The van der Waals surface area contributed by atoms with Gasteiger partial charge in [-0.1, -0.05) is 96.1 Å². The highest BCUT2D eigenvalue weighted by Gasteiger charge is 2.38. The normalized spacial score (nSPS) is 11.2. The number of hydrogen-bond acceptors (Lipinski definition) is 5. The molecule has 0 aliphatic carbocycles. The van der Waals surface area contributed by atoms with Crippen LogP contribution >= 0.6 is 0 Å². The molecule has 1 heterocycles. The van der Waals surface area contributed by atoms with Crippen molar-refractivity contribution >= 4 is 11.6 Å². The Balaban J connectivity index is 1.48. The third-order valence-corrected chi connectivity index (χ3v) is 6.32. The number of carbonyl (C=O) groups excluding carboxylic acids is 1. The minimum absolute atomic E-state index is 0.124. The van der Waals surface area contributed by atoms with E-state index in [2.05, 4.69) is 46.8 Å². The lowest BCUT2D eigenvalue weighted by atomic mass is 9.67. The maximum absolute atomic E-state index is 13.6. The lowest BCUT2D eigenvalue weighted by Crippen LogP contribution is -2.34. The van der Waals surface area contributed by atoms with E-state index in [0.29, 0.717) is 11.4 Å². The molecule has 37 heavy (non-hydrogen) atoms. The van der Waals surface area contributed by atoms with Gasteiger partial charge in [-0.2, -0.15) is 4.68 Å². The number of rotatable bonds is 8. The van der Waals surface area contributed by atoms with E-state index in [1.807, 2.05) is 54.6 Å². The number of aromatic nitrogens is 2. The van der Waals surface area contributed by atoms with Gasteiger partial charge in [-0.15, -0.1) is 0 Å². The first-order valence-electron chi connectivity index (χ1n) is 11.8. The van der Waals surface area contributed by atoms with E-state index < -0.39 is 11.2 Å². The Hall–Kier alpha value is -4.91. The van der Waals surface area contributed by atoms with E-state index in [-0.39, 0.29) is 18.4 Å². The summed E-state index contributed by atoms with van der Waals surface area (Å²) in [6.45, 7) is 0. The third kappa shape index (κ3) is 4.79. The maximum atomic E-state index is 13.6. The second-order valence-corrected chi connectivity index (χ2v) is 8.53. The fourth-order valence-corrected chi connectivity index (χ4v) is 4.61. The molecule has 1 amide bonds. The van der Waals surface area contributed by atoms with Crippen molar-refractivity contribution in [3.63, 3.8) is 0 Å². The zero-order valence-corrected chi connectivity index (χ0v) is 20.2. The predicted molar refractivity (Wildman–Crippen MR) is 141 cm³/mol. The largest absolute Gasteiger partial charge is 0.452 e. The number of amides is 1. The van der Waals surface area contributed by atoms with Gasteiger partial charge in [0.1, 0.15) is 0 Å². The predicted octanol–water partition coefficient (Wildman–Crippen LogP) is 5.20. The molecule has 184 valence electrons. The minimum Gasteiger partial charge on any atom is -0.452 e. The minimum atomic E-state index is -0.696. The van der Waals surface area contributed by atoms with Crippen molar-refractivity contribution in [3.8, 4) is 11.8 Å². The van der Waals surface area contributed by atoms with Gasteiger partial charge in [0.15, 0.2) is 0 Å². The van der Waals surface area contributed by atoms with Crippen LogP contribution in [0.15, 0.2) is 124 Å². The molecule has 0 unspecified atom stereocenters. The molecule has 1 aromatic heterocycles. The van der Waals surface area contributed by atoms with Crippen molar-refractivity contribution in [3.05, 3.63) is 143 Å². The van der Waals surface area contributed by atoms with Crippen molar-refractivity contribution in [2.75, 3.05) is 12.4 Å². The van der Waals surface area contributed by atoms with Crippen LogP contribution in [-0.2, 0) is 10.2 Å². The van der Waals surface area contributed by atoms with Gasteiger partial charge >= 0.3 is 11.8 Å². The Labute approximate surface area is 214 Å². The van der Waals surface area contributed by atoms with Crippen LogP contribution in [-0.4, -0.2) is 22.8 Å². The first-order valence-corrected chi connectivity index (χ1v) is 11.8. The van der Waals surface area contributed by atoms with E-state index in [9.17, 15) is 9.59 Å². The van der Waals surface area contributed by atoms with Crippen LogP contribution in [0.4, 0.5) is 5.69 Å². The number of nitrogens with zero attached hydrogens (tertiary/aromatic N) is 2. The maximum Gasteiger partial charge on any atom is 0.444 e. The average molecular weight is 492 g/mol. The highest BCUT2D eigenvalue weighted by atomic mass is 16.6. The standard InChI is InChI=1S/C30H25N3O4/c1-36-28-32-33(29(35)37-28)26-19-17-25(18-20-26)31-27(34)21-30(22-11-5-2-6-12-22,23-13-7-3-8-14-23)24-15-9-4-10-16-24/h2-20H,21H2,1H3,(H,31,34). The molecule has 0 bridgehead atoms. The summed E-state index contributed by atoms with van der Waals surface area (Å²) in [5.41, 5.74) is 3.47. The first kappa shape index (κ1) is 23.8. The molecule has 0 spiro atoms. The van der Waals surface area contributed by atoms with Crippen LogP contribution in [0, 0.1) is 0 Å². The molecule has 0 radical (unpaired) electrons. The van der Waals surface area contributed by atoms with Crippen LogP contribution in [0.25, 0.3) is 5.69 Å². The zero-order chi connectivity index (χ0) is 25.7. The van der Waals surface area contributed by atoms with Crippen LogP contribution < -0.4 is 15.8 Å². The Bertz CT molecular complexity index is 1430. The zero-order valence-electron chi connectivity index (χ0n) is 20.2. The van der Waals surface area contributed by atoms with Crippen LogP contribution in [0.2, 0.25) is 0 Å². The van der Waals surface area contributed by atoms with Crippen molar-refractivity contribution in [2.45, 2.75) is 11.8 Å². The van der Waals surface area contributed by atoms with Gasteiger partial charge in [-0.3, -0.25) is 4.79 Å². The number of nitrogens with one attached hydrogen (secondary N) is 1. The second kappa shape index (κ2) is 10.4. The van der Waals surface area contributed by atoms with Crippen LogP contribution in [0.3, 0.4) is 0 Å². The quantitative estimate of drug-likeness (QED) is 0.302. The topological polar surface area (TPSA) is 86.4 Å². The fraction of sp³-hybridized carbons (Fsp3) is 0.100.